The van der Waals surface area contributed by atoms with Gasteiger partial charge in [-0.25, -0.2) is 5.01 Å². The third-order valence-electron chi connectivity index (χ3n) is 4.55. The van der Waals surface area contributed by atoms with Gasteiger partial charge in [-0.05, 0) is 69.5 Å². The molecule has 1 heterocycles. The Morgan fingerprint density at radius 3 is 2.45 bits per heavy atom. The second kappa shape index (κ2) is 9.14. The lowest BCUT2D eigenvalue weighted by atomic mass is 10.1. The Hall–Kier alpha value is -2.80. The molecule has 31 heavy (non-hydrogen) atoms. The molecule has 4 rings (SSSR count). The van der Waals surface area contributed by atoms with Gasteiger partial charge in [0.15, 0.2) is 0 Å². The van der Waals surface area contributed by atoms with E-state index in [0.717, 1.165) is 5.56 Å². The van der Waals surface area contributed by atoms with Crippen LogP contribution in [0.3, 0.4) is 0 Å². The van der Waals surface area contributed by atoms with E-state index >= 15 is 0 Å². The zero-order chi connectivity index (χ0) is 22.0. The second-order valence-corrected chi connectivity index (χ2v) is 8.37. The van der Waals surface area contributed by atoms with Crippen molar-refractivity contribution in [2.45, 2.75) is 6.61 Å². The lowest BCUT2D eigenvalue weighted by Crippen LogP contribution is -2.35. The summed E-state index contributed by atoms with van der Waals surface area (Å²) < 4.78 is 6.52. The highest BCUT2D eigenvalue weighted by Gasteiger charge is 2.34. The fourth-order valence-corrected chi connectivity index (χ4v) is 3.83. The van der Waals surface area contributed by atoms with Crippen LogP contribution in [0.5, 0.6) is 5.75 Å². The van der Waals surface area contributed by atoms with E-state index in [1.54, 1.807) is 60.7 Å². The summed E-state index contributed by atoms with van der Waals surface area (Å²) in [6.45, 7) is 0.308. The van der Waals surface area contributed by atoms with Crippen LogP contribution in [0, 0.1) is 0 Å². The molecule has 0 atom stereocenters. The molecule has 1 N–H and O–H groups in total. The Labute approximate surface area is 197 Å². The van der Waals surface area contributed by atoms with Gasteiger partial charge in [-0.2, -0.15) is 0 Å². The predicted octanol–water partition coefficient (Wildman–Crippen LogP) is 5.80. The summed E-state index contributed by atoms with van der Waals surface area (Å²) in [4.78, 5) is 25.0. The van der Waals surface area contributed by atoms with E-state index in [1.807, 2.05) is 12.1 Å². The largest absolute Gasteiger partial charge is 0.488 e. The minimum atomic E-state index is -0.454. The van der Waals surface area contributed by atoms with E-state index < -0.39 is 11.8 Å². The summed E-state index contributed by atoms with van der Waals surface area (Å²) >= 11 is 15.4. The van der Waals surface area contributed by atoms with Crippen molar-refractivity contribution < 1.29 is 14.3 Å². The first-order valence-electron chi connectivity index (χ1n) is 9.21. The maximum Gasteiger partial charge on any atom is 0.282 e. The fourth-order valence-electron chi connectivity index (χ4n) is 3.00. The van der Waals surface area contributed by atoms with Crippen LogP contribution in [0.15, 0.2) is 76.8 Å². The van der Waals surface area contributed by atoms with Gasteiger partial charge in [-0.1, -0.05) is 53.5 Å². The third kappa shape index (κ3) is 4.77. The van der Waals surface area contributed by atoms with Crippen molar-refractivity contribution in [3.05, 3.63) is 97.9 Å². The third-order valence-corrected chi connectivity index (χ3v) is 5.91. The van der Waals surface area contributed by atoms with E-state index in [1.165, 1.54) is 5.01 Å². The Kier molecular flexibility index (Phi) is 6.32. The van der Waals surface area contributed by atoms with Crippen molar-refractivity contribution in [2.75, 3.05) is 5.01 Å². The van der Waals surface area contributed by atoms with Crippen molar-refractivity contribution in [2.24, 2.45) is 0 Å². The highest BCUT2D eigenvalue weighted by atomic mass is 79.9. The molecule has 1 fully saturated rings. The number of nitrogens with one attached hydrogen (secondary N) is 1. The topological polar surface area (TPSA) is 58.6 Å². The number of hydrogen-bond donors (Lipinski definition) is 1. The van der Waals surface area contributed by atoms with E-state index in [-0.39, 0.29) is 5.57 Å². The molecule has 1 aliphatic heterocycles. The molecule has 1 saturated heterocycles. The molecule has 0 aliphatic carbocycles. The van der Waals surface area contributed by atoms with Crippen molar-refractivity contribution >= 4 is 62.7 Å². The molecule has 2 amide bonds. The van der Waals surface area contributed by atoms with Crippen molar-refractivity contribution in [3.63, 3.8) is 0 Å². The monoisotopic (exact) mass is 516 g/mol. The maximum atomic E-state index is 12.7. The zero-order valence-electron chi connectivity index (χ0n) is 15.9. The quantitative estimate of drug-likeness (QED) is 0.344. The van der Waals surface area contributed by atoms with Gasteiger partial charge < -0.3 is 4.74 Å². The van der Waals surface area contributed by atoms with Crippen LogP contribution in [0.1, 0.15) is 11.1 Å². The first-order valence-corrected chi connectivity index (χ1v) is 10.8. The second-order valence-electron chi connectivity index (χ2n) is 6.70. The average Bonchev–Trinajstić information content (AvgIpc) is 3.04. The van der Waals surface area contributed by atoms with E-state index in [2.05, 4.69) is 21.4 Å². The number of rotatable bonds is 5. The molecule has 1 aliphatic rings. The number of para-hydroxylation sites is 1. The number of carbonyl (C=O) groups excluding carboxylic acids is 2. The molecular formula is C23H15BrCl2N2O3. The number of ether oxygens (including phenoxy) is 1. The number of hydrogen-bond acceptors (Lipinski definition) is 3. The average molecular weight is 518 g/mol. The van der Waals surface area contributed by atoms with Gasteiger partial charge in [0.1, 0.15) is 17.9 Å². The van der Waals surface area contributed by atoms with Crippen molar-refractivity contribution in [3.8, 4) is 5.75 Å². The Balaban J connectivity index is 1.50. The molecule has 0 aromatic heterocycles. The lowest BCUT2D eigenvalue weighted by Gasteiger charge is -2.13. The van der Waals surface area contributed by atoms with Gasteiger partial charge in [0.05, 0.1) is 20.2 Å². The molecule has 3 aromatic carbocycles. The van der Waals surface area contributed by atoms with Gasteiger partial charge >= 0.3 is 0 Å². The summed E-state index contributed by atoms with van der Waals surface area (Å²) in [6.07, 6.45) is 1.55. The van der Waals surface area contributed by atoms with Gasteiger partial charge in [0.2, 0.25) is 0 Å². The van der Waals surface area contributed by atoms with Crippen LogP contribution in [0.2, 0.25) is 10.0 Å². The van der Waals surface area contributed by atoms with Crippen LogP contribution in [-0.4, -0.2) is 11.8 Å². The summed E-state index contributed by atoms with van der Waals surface area (Å²) in [7, 11) is 0. The fraction of sp³-hybridized carbons (Fsp3) is 0.0435. The molecule has 3 aromatic rings. The molecule has 0 bridgehead atoms. The minimum absolute atomic E-state index is 0.0558. The Bertz CT molecular complexity index is 1200. The van der Waals surface area contributed by atoms with Crippen LogP contribution in [0.25, 0.3) is 6.08 Å². The van der Waals surface area contributed by atoms with Crippen LogP contribution < -0.4 is 15.2 Å². The van der Waals surface area contributed by atoms with E-state index in [9.17, 15) is 9.59 Å². The molecule has 5 nitrogen and oxygen atoms in total. The van der Waals surface area contributed by atoms with Crippen LogP contribution >= 0.6 is 39.1 Å². The summed E-state index contributed by atoms with van der Waals surface area (Å²) in [5, 5.41) is 2.19. The number of carbonyl (C=O) groups is 2. The first kappa shape index (κ1) is 21.4. The highest BCUT2D eigenvalue weighted by Crippen LogP contribution is 2.30. The Morgan fingerprint density at radius 1 is 0.968 bits per heavy atom. The maximum absolute atomic E-state index is 12.7. The summed E-state index contributed by atoms with van der Waals surface area (Å²) in [5.74, 6) is -0.251. The lowest BCUT2D eigenvalue weighted by molar-refractivity contribution is -0.117. The van der Waals surface area contributed by atoms with Crippen molar-refractivity contribution in [1.29, 1.82) is 0 Å². The number of benzene rings is 3. The van der Waals surface area contributed by atoms with Crippen LogP contribution in [-0.2, 0) is 16.2 Å². The van der Waals surface area contributed by atoms with Gasteiger partial charge in [-0.15, -0.1) is 0 Å². The summed E-state index contributed by atoms with van der Waals surface area (Å²) in [6, 6.07) is 19.5. The van der Waals surface area contributed by atoms with Gasteiger partial charge in [0.25, 0.3) is 11.8 Å². The zero-order valence-corrected chi connectivity index (χ0v) is 19.0. The molecule has 0 unspecified atom stereocenters. The smallest absolute Gasteiger partial charge is 0.282 e. The SMILES string of the molecule is O=C1NN(c2ccccc2)C(=O)/C1=C\c1ccc(OCc2ccc(Cl)c(Cl)c2)c(Br)c1. The molecule has 156 valence electrons. The first-order chi connectivity index (χ1) is 14.9. The summed E-state index contributed by atoms with van der Waals surface area (Å²) in [5.41, 5.74) is 4.79. The van der Waals surface area contributed by atoms with Crippen LogP contribution in [0.4, 0.5) is 5.69 Å². The van der Waals surface area contributed by atoms with Crippen molar-refractivity contribution in [1.82, 2.24) is 5.43 Å². The predicted molar refractivity (Wildman–Crippen MR) is 125 cm³/mol. The number of amides is 2. The minimum Gasteiger partial charge on any atom is -0.488 e. The van der Waals surface area contributed by atoms with Gasteiger partial charge in [0, 0.05) is 0 Å². The number of hydrazine groups is 1. The molecule has 0 radical (unpaired) electrons. The Morgan fingerprint density at radius 2 is 1.74 bits per heavy atom. The number of anilines is 1. The molecular weight excluding hydrogens is 503 g/mol. The number of halogens is 3. The highest BCUT2D eigenvalue weighted by molar-refractivity contribution is 9.10. The number of nitrogens with zero attached hydrogens (tertiary/aromatic N) is 1. The standard InChI is InChI=1S/C23H15BrCl2N2O3/c24-18-11-14(7-9-21(18)31-13-15-6-8-19(25)20(26)12-15)10-17-22(29)27-28(23(17)30)16-4-2-1-3-5-16/h1-12H,13H2,(H,27,29)/b17-10-. The van der Waals surface area contributed by atoms with E-state index in [4.69, 9.17) is 27.9 Å². The molecule has 0 spiro atoms. The van der Waals surface area contributed by atoms with E-state index in [0.29, 0.717) is 38.1 Å². The molecule has 8 heteroatoms. The normalized spacial score (nSPS) is 14.8. The van der Waals surface area contributed by atoms with Gasteiger partial charge in [-0.3, -0.25) is 15.0 Å². The molecule has 0 saturated carbocycles.